The number of ether oxygens (including phenoxy) is 3. The second-order valence-electron chi connectivity index (χ2n) is 4.41. The lowest BCUT2D eigenvalue weighted by Gasteiger charge is -2.30. The normalized spacial score (nSPS) is 36.1. The minimum Gasteiger partial charge on any atom is -0.465 e. The van der Waals surface area contributed by atoms with Crippen LogP contribution in [0.1, 0.15) is 20.3 Å². The van der Waals surface area contributed by atoms with Gasteiger partial charge in [-0.3, -0.25) is 9.59 Å². The molecule has 2 fully saturated rings. The molecule has 1 aliphatic carbocycles. The van der Waals surface area contributed by atoms with Crippen molar-refractivity contribution in [2.24, 2.45) is 11.8 Å². The van der Waals surface area contributed by atoms with E-state index in [1.807, 2.05) is 0 Å². The van der Waals surface area contributed by atoms with Crippen LogP contribution in [-0.4, -0.2) is 37.4 Å². The van der Waals surface area contributed by atoms with Crippen LogP contribution >= 0.6 is 0 Å². The quantitative estimate of drug-likeness (QED) is 0.659. The maximum absolute atomic E-state index is 11.0. The first-order valence-electron chi connectivity index (χ1n) is 5.50. The summed E-state index contributed by atoms with van der Waals surface area (Å²) < 4.78 is 15.8. The molecule has 0 N–H and O–H groups in total. The van der Waals surface area contributed by atoms with Crippen molar-refractivity contribution >= 4 is 11.9 Å². The molecule has 5 nitrogen and oxygen atoms in total. The SMILES string of the molecule is CC(=O)OC[C@H]1COC2CC2[C@H]1OC(C)=O. The Morgan fingerprint density at radius 3 is 2.69 bits per heavy atom. The number of carbonyl (C=O) groups excluding carboxylic acids is 2. The van der Waals surface area contributed by atoms with E-state index in [0.717, 1.165) is 6.42 Å². The highest BCUT2D eigenvalue weighted by molar-refractivity contribution is 5.66. The standard InChI is InChI=1S/C11H16O5/c1-6(12)14-4-8-5-15-10-3-9(10)11(8)16-7(2)13/h8-11H,3-5H2,1-2H3/t8-,9?,10?,11-/m0/s1. The molecule has 1 saturated carbocycles. The van der Waals surface area contributed by atoms with E-state index in [9.17, 15) is 9.59 Å². The van der Waals surface area contributed by atoms with Crippen LogP contribution in [0, 0.1) is 11.8 Å². The molecule has 0 aromatic heterocycles. The summed E-state index contributed by atoms with van der Waals surface area (Å²) in [6.07, 6.45) is 1.02. The van der Waals surface area contributed by atoms with Gasteiger partial charge in [0.05, 0.1) is 25.2 Å². The van der Waals surface area contributed by atoms with E-state index in [-0.39, 0.29) is 36.7 Å². The number of fused-ring (bicyclic) bond motifs is 1. The van der Waals surface area contributed by atoms with E-state index >= 15 is 0 Å². The van der Waals surface area contributed by atoms with Crippen molar-refractivity contribution < 1.29 is 23.8 Å². The third-order valence-corrected chi connectivity index (χ3v) is 2.99. The average Bonchev–Trinajstić information content (AvgIpc) is 2.94. The van der Waals surface area contributed by atoms with E-state index in [1.54, 1.807) is 0 Å². The first-order chi connectivity index (χ1) is 7.58. The third-order valence-electron chi connectivity index (χ3n) is 2.99. The molecule has 5 heteroatoms. The molecule has 4 atom stereocenters. The van der Waals surface area contributed by atoms with Gasteiger partial charge in [0.25, 0.3) is 0 Å². The van der Waals surface area contributed by atoms with E-state index in [4.69, 9.17) is 14.2 Å². The summed E-state index contributed by atoms with van der Waals surface area (Å²) in [5.41, 5.74) is 0. The Bertz CT molecular complexity index is 301. The molecular formula is C11H16O5. The lowest BCUT2D eigenvalue weighted by atomic mass is 9.98. The van der Waals surface area contributed by atoms with Crippen molar-refractivity contribution in [1.29, 1.82) is 0 Å². The molecule has 1 saturated heterocycles. The van der Waals surface area contributed by atoms with Crippen LogP contribution in [-0.2, 0) is 23.8 Å². The van der Waals surface area contributed by atoms with Gasteiger partial charge in [0, 0.05) is 19.8 Å². The fraction of sp³-hybridized carbons (Fsp3) is 0.818. The van der Waals surface area contributed by atoms with Gasteiger partial charge < -0.3 is 14.2 Å². The maximum Gasteiger partial charge on any atom is 0.302 e. The highest BCUT2D eigenvalue weighted by atomic mass is 16.6. The fourth-order valence-electron chi connectivity index (χ4n) is 2.16. The van der Waals surface area contributed by atoms with Crippen LogP contribution in [0.2, 0.25) is 0 Å². The van der Waals surface area contributed by atoms with Crippen LogP contribution in [0.25, 0.3) is 0 Å². The summed E-state index contributed by atoms with van der Waals surface area (Å²) in [5.74, 6) is -0.348. The lowest BCUT2D eigenvalue weighted by molar-refractivity contribution is -0.162. The Morgan fingerprint density at radius 2 is 2.06 bits per heavy atom. The highest BCUT2D eigenvalue weighted by Crippen LogP contribution is 2.45. The predicted octanol–water partition coefficient (Wildman–Crippen LogP) is 0.516. The first kappa shape index (κ1) is 11.4. The van der Waals surface area contributed by atoms with E-state index < -0.39 is 0 Å². The topological polar surface area (TPSA) is 61.8 Å². The summed E-state index contributed by atoms with van der Waals surface area (Å²) in [7, 11) is 0. The Hall–Kier alpha value is -1.10. The molecule has 2 aliphatic rings. The molecule has 0 spiro atoms. The molecule has 90 valence electrons. The Morgan fingerprint density at radius 1 is 1.31 bits per heavy atom. The van der Waals surface area contributed by atoms with Crippen LogP contribution in [0.5, 0.6) is 0 Å². The number of hydrogen-bond acceptors (Lipinski definition) is 5. The van der Waals surface area contributed by atoms with Crippen molar-refractivity contribution in [2.75, 3.05) is 13.2 Å². The number of esters is 2. The summed E-state index contributed by atoms with van der Waals surface area (Å²) in [6.45, 7) is 3.52. The minimum absolute atomic E-state index is 0.0310. The second-order valence-corrected chi connectivity index (χ2v) is 4.41. The highest BCUT2D eigenvalue weighted by Gasteiger charge is 2.53. The molecule has 2 unspecified atom stereocenters. The van der Waals surface area contributed by atoms with Gasteiger partial charge in [0.1, 0.15) is 6.10 Å². The van der Waals surface area contributed by atoms with Gasteiger partial charge in [-0.25, -0.2) is 0 Å². The summed E-state index contributed by atoms with van der Waals surface area (Å²) >= 11 is 0. The van der Waals surface area contributed by atoms with Crippen LogP contribution < -0.4 is 0 Å². The van der Waals surface area contributed by atoms with E-state index in [1.165, 1.54) is 13.8 Å². The van der Waals surface area contributed by atoms with Crippen molar-refractivity contribution in [1.82, 2.24) is 0 Å². The zero-order valence-electron chi connectivity index (χ0n) is 9.47. The van der Waals surface area contributed by atoms with Gasteiger partial charge in [0.2, 0.25) is 0 Å². The van der Waals surface area contributed by atoms with Crippen LogP contribution in [0.4, 0.5) is 0 Å². The number of hydrogen-bond donors (Lipinski definition) is 0. The molecule has 0 aromatic rings. The van der Waals surface area contributed by atoms with Gasteiger partial charge in [0.15, 0.2) is 0 Å². The fourth-order valence-corrected chi connectivity index (χ4v) is 2.16. The molecule has 0 aromatic carbocycles. The summed E-state index contributed by atoms with van der Waals surface area (Å²) in [5, 5.41) is 0. The molecule has 0 radical (unpaired) electrons. The van der Waals surface area contributed by atoms with Gasteiger partial charge in [-0.15, -0.1) is 0 Å². The summed E-state index contributed by atoms with van der Waals surface area (Å²) in [6, 6.07) is 0. The van der Waals surface area contributed by atoms with Crippen LogP contribution in [0.15, 0.2) is 0 Å². The molecule has 0 amide bonds. The van der Waals surface area contributed by atoms with Gasteiger partial charge in [-0.2, -0.15) is 0 Å². The predicted molar refractivity (Wildman–Crippen MR) is 53.5 cm³/mol. The van der Waals surface area contributed by atoms with Gasteiger partial charge in [-0.1, -0.05) is 0 Å². The van der Waals surface area contributed by atoms with Gasteiger partial charge >= 0.3 is 11.9 Å². The zero-order chi connectivity index (χ0) is 11.7. The molecule has 1 heterocycles. The molecule has 0 bridgehead atoms. The average molecular weight is 228 g/mol. The van der Waals surface area contributed by atoms with Crippen LogP contribution in [0.3, 0.4) is 0 Å². The van der Waals surface area contributed by atoms with Crippen molar-refractivity contribution in [2.45, 2.75) is 32.5 Å². The second kappa shape index (κ2) is 4.41. The number of carbonyl (C=O) groups is 2. The molecule has 1 aliphatic heterocycles. The molecule has 2 rings (SSSR count). The van der Waals surface area contributed by atoms with E-state index in [0.29, 0.717) is 12.5 Å². The van der Waals surface area contributed by atoms with Crippen molar-refractivity contribution in [3.05, 3.63) is 0 Å². The minimum atomic E-state index is -0.320. The molecule has 16 heavy (non-hydrogen) atoms. The largest absolute Gasteiger partial charge is 0.465 e. The zero-order valence-corrected chi connectivity index (χ0v) is 9.47. The van der Waals surface area contributed by atoms with E-state index in [2.05, 4.69) is 0 Å². The Labute approximate surface area is 94.0 Å². The lowest BCUT2D eigenvalue weighted by Crippen LogP contribution is -2.39. The smallest absolute Gasteiger partial charge is 0.302 e. The monoisotopic (exact) mass is 228 g/mol. The molecular weight excluding hydrogens is 212 g/mol. The number of rotatable bonds is 3. The van der Waals surface area contributed by atoms with Gasteiger partial charge in [-0.05, 0) is 6.42 Å². The summed E-state index contributed by atoms with van der Waals surface area (Å²) in [4.78, 5) is 21.7. The first-order valence-corrected chi connectivity index (χ1v) is 5.50. The van der Waals surface area contributed by atoms with Crippen molar-refractivity contribution in [3.8, 4) is 0 Å². The third kappa shape index (κ3) is 2.52. The Balaban J connectivity index is 1.92. The Kier molecular flexibility index (Phi) is 3.14. The van der Waals surface area contributed by atoms with Crippen molar-refractivity contribution in [3.63, 3.8) is 0 Å². The maximum atomic E-state index is 11.0.